The largest absolute Gasteiger partial charge is 0.487 e. The van der Waals surface area contributed by atoms with Crippen LogP contribution in [0, 0.1) is 0 Å². The Morgan fingerprint density at radius 1 is 1.15 bits per heavy atom. The van der Waals surface area contributed by atoms with Crippen molar-refractivity contribution in [1.29, 1.82) is 0 Å². The first kappa shape index (κ1) is 17.9. The van der Waals surface area contributed by atoms with Crippen molar-refractivity contribution in [2.24, 2.45) is 0 Å². The number of carbonyl (C=O) groups excluding carboxylic acids is 1. The summed E-state index contributed by atoms with van der Waals surface area (Å²) in [6.07, 6.45) is 0.566. The normalized spacial score (nSPS) is 14.4. The van der Waals surface area contributed by atoms with Crippen molar-refractivity contribution in [2.45, 2.75) is 32.5 Å². The van der Waals surface area contributed by atoms with Gasteiger partial charge in [0.2, 0.25) is 0 Å². The van der Waals surface area contributed by atoms with E-state index in [9.17, 15) is 14.7 Å². The summed E-state index contributed by atoms with van der Waals surface area (Å²) >= 11 is 0. The van der Waals surface area contributed by atoms with Crippen LogP contribution in [0.25, 0.3) is 0 Å². The molecule has 0 radical (unpaired) electrons. The van der Waals surface area contributed by atoms with E-state index in [1.54, 1.807) is 24.3 Å². The van der Waals surface area contributed by atoms with E-state index in [1.807, 2.05) is 13.8 Å². The lowest BCUT2D eigenvalue weighted by Gasteiger charge is -2.16. The molecule has 3 rings (SSSR count). The average Bonchev–Trinajstić information content (AvgIpc) is 2.93. The van der Waals surface area contributed by atoms with E-state index in [0.29, 0.717) is 29.0 Å². The molecule has 0 saturated carbocycles. The summed E-state index contributed by atoms with van der Waals surface area (Å²) in [7, 11) is 0. The molecule has 0 bridgehead atoms. The Morgan fingerprint density at radius 3 is 2.46 bits per heavy atom. The molecule has 0 fully saturated rings. The molecule has 0 spiro atoms. The van der Waals surface area contributed by atoms with Gasteiger partial charge in [0.25, 0.3) is 0 Å². The Labute approximate surface area is 151 Å². The predicted molar refractivity (Wildman–Crippen MR) is 94.0 cm³/mol. The maximum Gasteiger partial charge on any atom is 0.335 e. The number of Topliss-reactive ketones (excluding diaryl/α,β-unsaturated/α-hetero) is 1. The van der Waals surface area contributed by atoms with Crippen LogP contribution in [0.1, 0.15) is 45.7 Å². The molecule has 136 valence electrons. The number of aromatic carboxylic acids is 1. The maximum absolute atomic E-state index is 12.3. The third kappa shape index (κ3) is 3.70. The summed E-state index contributed by atoms with van der Waals surface area (Å²) in [5.41, 5.74) is 1.54. The van der Waals surface area contributed by atoms with Gasteiger partial charge in [0, 0.05) is 17.5 Å². The number of ketones is 1. The van der Waals surface area contributed by atoms with Gasteiger partial charge in [-0.15, -0.1) is 0 Å². The molecular weight excluding hydrogens is 336 g/mol. The van der Waals surface area contributed by atoms with Gasteiger partial charge in [-0.05, 0) is 31.5 Å². The van der Waals surface area contributed by atoms with Gasteiger partial charge in [-0.25, -0.2) is 4.79 Å². The molecule has 0 aromatic heterocycles. The molecule has 1 heterocycles. The first-order valence-corrected chi connectivity index (χ1v) is 8.24. The monoisotopic (exact) mass is 356 g/mol. The van der Waals surface area contributed by atoms with Crippen LogP contribution in [0.2, 0.25) is 0 Å². The van der Waals surface area contributed by atoms with Crippen molar-refractivity contribution >= 4 is 11.8 Å². The minimum atomic E-state index is -1.09. The van der Waals surface area contributed by atoms with Crippen molar-refractivity contribution in [2.75, 3.05) is 6.61 Å². The van der Waals surface area contributed by atoms with E-state index in [-0.39, 0.29) is 24.6 Å². The highest BCUT2D eigenvalue weighted by Gasteiger charge is 2.33. The van der Waals surface area contributed by atoms with Crippen LogP contribution in [-0.4, -0.2) is 34.2 Å². The number of aliphatic hydroxyl groups is 1. The molecule has 0 saturated heterocycles. The maximum atomic E-state index is 12.3. The van der Waals surface area contributed by atoms with Gasteiger partial charge < -0.3 is 19.7 Å². The van der Waals surface area contributed by atoms with Crippen LogP contribution >= 0.6 is 0 Å². The minimum absolute atomic E-state index is 0.0520. The third-order valence-corrected chi connectivity index (χ3v) is 4.22. The zero-order chi connectivity index (χ0) is 18.9. The third-order valence-electron chi connectivity index (χ3n) is 4.22. The number of fused-ring (bicyclic) bond motifs is 1. The second-order valence-corrected chi connectivity index (χ2v) is 6.86. The van der Waals surface area contributed by atoms with E-state index < -0.39 is 11.6 Å². The lowest BCUT2D eigenvalue weighted by Crippen LogP contribution is -2.24. The van der Waals surface area contributed by atoms with Gasteiger partial charge in [-0.3, -0.25) is 4.79 Å². The second-order valence-electron chi connectivity index (χ2n) is 6.86. The quantitative estimate of drug-likeness (QED) is 0.773. The Balaban J connectivity index is 1.81. The Bertz CT molecular complexity index is 851. The van der Waals surface area contributed by atoms with Crippen molar-refractivity contribution < 1.29 is 29.3 Å². The molecule has 1 aliphatic heterocycles. The Morgan fingerprint density at radius 2 is 1.85 bits per heavy atom. The SMILES string of the molecule is CC1(C)Cc2c(OCC(=O)c3ccc(CO)cc3)cc(C(=O)O)cc2O1. The average molecular weight is 356 g/mol. The van der Waals surface area contributed by atoms with Crippen LogP contribution < -0.4 is 9.47 Å². The highest BCUT2D eigenvalue weighted by Crippen LogP contribution is 2.41. The Hall–Kier alpha value is -2.86. The molecule has 2 aromatic rings. The smallest absolute Gasteiger partial charge is 0.335 e. The molecular formula is C20H20O6. The first-order chi connectivity index (χ1) is 12.3. The zero-order valence-corrected chi connectivity index (χ0v) is 14.6. The number of hydrogen-bond donors (Lipinski definition) is 2. The number of aliphatic hydroxyl groups excluding tert-OH is 1. The standard InChI is InChI=1S/C20H20O6/c1-20(2)9-15-17(7-14(19(23)24)8-18(15)26-20)25-11-16(22)13-5-3-12(10-21)4-6-13/h3-8,21H,9-11H2,1-2H3,(H,23,24). The molecule has 6 heteroatoms. The summed E-state index contributed by atoms with van der Waals surface area (Å²) in [4.78, 5) is 23.7. The second kappa shape index (κ2) is 6.80. The van der Waals surface area contributed by atoms with Gasteiger partial charge in [0.05, 0.1) is 12.2 Å². The molecule has 0 aliphatic carbocycles. The summed E-state index contributed by atoms with van der Waals surface area (Å²) in [6.45, 7) is 3.51. The summed E-state index contributed by atoms with van der Waals surface area (Å²) in [5.74, 6) is -0.491. The molecule has 0 atom stereocenters. The van der Waals surface area contributed by atoms with E-state index >= 15 is 0 Å². The molecule has 1 aliphatic rings. The van der Waals surface area contributed by atoms with Gasteiger partial charge >= 0.3 is 5.97 Å². The number of benzene rings is 2. The van der Waals surface area contributed by atoms with E-state index in [1.165, 1.54) is 12.1 Å². The predicted octanol–water partition coefficient (Wildman–Crippen LogP) is 2.85. The molecule has 0 unspecified atom stereocenters. The number of ether oxygens (including phenoxy) is 2. The molecule has 26 heavy (non-hydrogen) atoms. The van der Waals surface area contributed by atoms with Gasteiger partial charge in [0.1, 0.15) is 17.1 Å². The van der Waals surface area contributed by atoms with Crippen LogP contribution in [0.4, 0.5) is 0 Å². The first-order valence-electron chi connectivity index (χ1n) is 8.24. The highest BCUT2D eigenvalue weighted by molar-refractivity contribution is 5.97. The molecule has 2 N–H and O–H groups in total. The van der Waals surface area contributed by atoms with Crippen LogP contribution in [0.3, 0.4) is 0 Å². The van der Waals surface area contributed by atoms with E-state index in [2.05, 4.69) is 0 Å². The van der Waals surface area contributed by atoms with Crippen molar-refractivity contribution in [1.82, 2.24) is 0 Å². The lowest BCUT2D eigenvalue weighted by molar-refractivity contribution is 0.0695. The van der Waals surface area contributed by atoms with Crippen LogP contribution in [0.15, 0.2) is 36.4 Å². The molecule has 0 amide bonds. The Kier molecular flexibility index (Phi) is 4.70. The fourth-order valence-corrected chi connectivity index (χ4v) is 2.92. The number of hydrogen-bond acceptors (Lipinski definition) is 5. The topological polar surface area (TPSA) is 93.1 Å². The lowest BCUT2D eigenvalue weighted by atomic mass is 10.00. The molecule has 2 aromatic carbocycles. The van der Waals surface area contributed by atoms with Gasteiger partial charge in [-0.1, -0.05) is 24.3 Å². The minimum Gasteiger partial charge on any atom is -0.487 e. The van der Waals surface area contributed by atoms with Crippen molar-refractivity contribution in [3.05, 3.63) is 58.7 Å². The van der Waals surface area contributed by atoms with Gasteiger partial charge in [-0.2, -0.15) is 0 Å². The van der Waals surface area contributed by atoms with E-state index in [4.69, 9.17) is 14.6 Å². The van der Waals surface area contributed by atoms with Gasteiger partial charge in [0.15, 0.2) is 12.4 Å². The highest BCUT2D eigenvalue weighted by atomic mass is 16.5. The summed E-state index contributed by atoms with van der Waals surface area (Å²) in [5, 5.41) is 18.3. The number of rotatable bonds is 6. The number of carboxylic acid groups (broad SMARTS) is 1. The van der Waals surface area contributed by atoms with Crippen molar-refractivity contribution in [3.63, 3.8) is 0 Å². The van der Waals surface area contributed by atoms with E-state index in [0.717, 1.165) is 5.56 Å². The summed E-state index contributed by atoms with van der Waals surface area (Å²) in [6, 6.07) is 9.50. The number of carboxylic acids is 1. The van der Waals surface area contributed by atoms with Crippen LogP contribution in [-0.2, 0) is 13.0 Å². The summed E-state index contributed by atoms with van der Waals surface area (Å²) < 4.78 is 11.5. The fraction of sp³-hybridized carbons (Fsp3) is 0.300. The fourth-order valence-electron chi connectivity index (χ4n) is 2.92. The van der Waals surface area contributed by atoms with Crippen LogP contribution in [0.5, 0.6) is 11.5 Å². The molecule has 6 nitrogen and oxygen atoms in total. The van der Waals surface area contributed by atoms with Crippen molar-refractivity contribution in [3.8, 4) is 11.5 Å². The zero-order valence-electron chi connectivity index (χ0n) is 14.6. The number of carbonyl (C=O) groups is 2.